The minimum absolute atomic E-state index is 0.0110. The van der Waals surface area contributed by atoms with Crippen LogP contribution in [0.3, 0.4) is 0 Å². The van der Waals surface area contributed by atoms with Crippen molar-refractivity contribution in [3.05, 3.63) is 108 Å². The lowest BCUT2D eigenvalue weighted by Crippen LogP contribution is -2.01. The maximum absolute atomic E-state index is 13.7. The highest BCUT2D eigenvalue weighted by Crippen LogP contribution is 2.32. The average molecular weight is 499 g/mol. The van der Waals surface area contributed by atoms with Gasteiger partial charge in [0, 0.05) is 46.4 Å². The predicted molar refractivity (Wildman–Crippen MR) is 154 cm³/mol. The number of nitrogens with zero attached hydrogens (tertiary/aromatic N) is 2. The van der Waals surface area contributed by atoms with Crippen LogP contribution in [-0.2, 0) is 16.2 Å². The lowest BCUT2D eigenvalue weighted by Gasteiger charge is -2.07. The molecular formula is C33H26N2O3. The van der Waals surface area contributed by atoms with E-state index in [9.17, 15) is 9.59 Å². The number of carbonyl (C=O) groups is 2. The summed E-state index contributed by atoms with van der Waals surface area (Å²) in [5.41, 5.74) is 4.91. The van der Waals surface area contributed by atoms with Crippen molar-refractivity contribution in [3.63, 3.8) is 0 Å². The first kappa shape index (κ1) is 23.6. The maximum atomic E-state index is 13.7. The van der Waals surface area contributed by atoms with Gasteiger partial charge in [0.1, 0.15) is 0 Å². The van der Waals surface area contributed by atoms with E-state index in [0.717, 1.165) is 50.1 Å². The Kier molecular flexibility index (Phi) is 5.76. The van der Waals surface area contributed by atoms with Gasteiger partial charge in [-0.05, 0) is 89.5 Å². The van der Waals surface area contributed by atoms with Crippen molar-refractivity contribution in [2.75, 3.05) is 0 Å². The molecule has 5 aromatic carbocycles. The van der Waals surface area contributed by atoms with Crippen LogP contribution < -0.4 is 0 Å². The zero-order chi connectivity index (χ0) is 26.4. The minimum Gasteiger partial charge on any atom is -0.341 e. The SMILES string of the molecule is CCn1c2ccc(C(=O)c3ccc4cc5ccccc5cc4c3)cc2c2cc(/C(C)=N/OC(C)=O)ccc21. The van der Waals surface area contributed by atoms with Gasteiger partial charge in [0.05, 0.1) is 5.71 Å². The van der Waals surface area contributed by atoms with Gasteiger partial charge in [0.2, 0.25) is 0 Å². The third-order valence-electron chi connectivity index (χ3n) is 7.14. The number of oxime groups is 1. The summed E-state index contributed by atoms with van der Waals surface area (Å²) in [7, 11) is 0. The number of fused-ring (bicyclic) bond motifs is 5. The Hall–Kier alpha value is -4.77. The largest absolute Gasteiger partial charge is 0.341 e. The molecule has 0 amide bonds. The Bertz CT molecular complexity index is 1950. The highest BCUT2D eigenvalue weighted by molar-refractivity contribution is 6.16. The molecule has 0 fully saturated rings. The average Bonchev–Trinajstić information content (AvgIpc) is 3.26. The Morgan fingerprint density at radius 1 is 0.684 bits per heavy atom. The van der Waals surface area contributed by atoms with Crippen LogP contribution in [0.5, 0.6) is 0 Å². The van der Waals surface area contributed by atoms with E-state index in [1.54, 1.807) is 6.92 Å². The van der Waals surface area contributed by atoms with E-state index in [-0.39, 0.29) is 5.78 Å². The molecule has 38 heavy (non-hydrogen) atoms. The second kappa shape index (κ2) is 9.27. The molecule has 0 atom stereocenters. The Morgan fingerprint density at radius 3 is 1.89 bits per heavy atom. The number of ketones is 1. The summed E-state index contributed by atoms with van der Waals surface area (Å²) in [5.74, 6) is -0.471. The number of rotatable bonds is 5. The normalized spacial score (nSPS) is 12.0. The first-order chi connectivity index (χ1) is 18.4. The zero-order valence-electron chi connectivity index (χ0n) is 21.5. The van der Waals surface area contributed by atoms with Gasteiger partial charge in [0.15, 0.2) is 5.78 Å². The van der Waals surface area contributed by atoms with E-state index in [1.807, 2.05) is 60.7 Å². The molecule has 0 saturated heterocycles. The molecule has 5 nitrogen and oxygen atoms in total. The number of aromatic nitrogens is 1. The predicted octanol–water partition coefficient (Wildman–Crippen LogP) is 7.64. The molecule has 1 aromatic heterocycles. The first-order valence-electron chi connectivity index (χ1n) is 12.7. The van der Waals surface area contributed by atoms with Crippen molar-refractivity contribution in [3.8, 4) is 0 Å². The number of benzene rings is 5. The fraction of sp³-hybridized carbons (Fsp3) is 0.121. The quantitative estimate of drug-likeness (QED) is 0.0807. The van der Waals surface area contributed by atoms with Gasteiger partial charge in [-0.1, -0.05) is 47.6 Å². The van der Waals surface area contributed by atoms with Crippen LogP contribution in [0.4, 0.5) is 0 Å². The molecule has 6 rings (SSSR count). The summed E-state index contributed by atoms with van der Waals surface area (Å²) in [4.78, 5) is 29.7. The molecule has 0 aliphatic heterocycles. The summed E-state index contributed by atoms with van der Waals surface area (Å²) in [6.07, 6.45) is 0. The second-order valence-corrected chi connectivity index (χ2v) is 9.56. The topological polar surface area (TPSA) is 60.7 Å². The van der Waals surface area contributed by atoms with Gasteiger partial charge in [0.25, 0.3) is 0 Å². The molecule has 0 aliphatic carbocycles. The molecule has 0 radical (unpaired) electrons. The fourth-order valence-corrected chi connectivity index (χ4v) is 5.24. The number of carbonyl (C=O) groups excluding carboxylic acids is 2. The third-order valence-corrected chi connectivity index (χ3v) is 7.14. The summed E-state index contributed by atoms with van der Waals surface area (Å²) in [6.45, 7) is 6.04. The number of aryl methyl sites for hydroxylation is 1. The molecule has 186 valence electrons. The van der Waals surface area contributed by atoms with E-state index in [4.69, 9.17) is 4.84 Å². The molecule has 0 aliphatic rings. The second-order valence-electron chi connectivity index (χ2n) is 9.56. The van der Waals surface area contributed by atoms with Crippen LogP contribution in [0.15, 0.2) is 96.2 Å². The van der Waals surface area contributed by atoms with Crippen LogP contribution in [0.2, 0.25) is 0 Å². The van der Waals surface area contributed by atoms with E-state index >= 15 is 0 Å². The van der Waals surface area contributed by atoms with E-state index in [2.05, 4.69) is 47.0 Å². The van der Waals surface area contributed by atoms with Gasteiger partial charge in [-0.3, -0.25) is 4.79 Å². The van der Waals surface area contributed by atoms with Crippen molar-refractivity contribution in [2.45, 2.75) is 27.3 Å². The maximum Gasteiger partial charge on any atom is 0.331 e. The summed E-state index contributed by atoms with van der Waals surface area (Å²) in [6, 6.07) is 30.5. The minimum atomic E-state index is -0.460. The van der Waals surface area contributed by atoms with Crippen LogP contribution in [0.25, 0.3) is 43.4 Å². The highest BCUT2D eigenvalue weighted by Gasteiger charge is 2.16. The third kappa shape index (κ3) is 4.02. The molecule has 1 heterocycles. The molecule has 6 aromatic rings. The van der Waals surface area contributed by atoms with Gasteiger partial charge < -0.3 is 9.40 Å². The Morgan fingerprint density at radius 2 is 1.24 bits per heavy atom. The van der Waals surface area contributed by atoms with Crippen molar-refractivity contribution in [2.24, 2.45) is 5.16 Å². The molecule has 5 heteroatoms. The van der Waals surface area contributed by atoms with Gasteiger partial charge in [-0.25, -0.2) is 4.79 Å². The summed E-state index contributed by atoms with van der Waals surface area (Å²) < 4.78 is 2.24. The number of hydrogen-bond donors (Lipinski definition) is 0. The van der Waals surface area contributed by atoms with Crippen molar-refractivity contribution < 1.29 is 14.4 Å². The molecule has 0 N–H and O–H groups in total. The first-order valence-corrected chi connectivity index (χ1v) is 12.7. The van der Waals surface area contributed by atoms with Crippen LogP contribution in [-0.4, -0.2) is 22.0 Å². The van der Waals surface area contributed by atoms with Crippen LogP contribution in [0.1, 0.15) is 42.3 Å². The van der Waals surface area contributed by atoms with E-state index in [1.165, 1.54) is 12.3 Å². The smallest absolute Gasteiger partial charge is 0.331 e. The molecular weight excluding hydrogens is 472 g/mol. The summed E-state index contributed by atoms with van der Waals surface area (Å²) >= 11 is 0. The molecule has 0 saturated carbocycles. The number of hydrogen-bond acceptors (Lipinski definition) is 4. The Labute approximate surface area is 219 Å². The lowest BCUT2D eigenvalue weighted by molar-refractivity contribution is -0.140. The van der Waals surface area contributed by atoms with Gasteiger partial charge in [-0.15, -0.1) is 0 Å². The Balaban J connectivity index is 1.45. The van der Waals surface area contributed by atoms with Crippen LogP contribution >= 0.6 is 0 Å². The summed E-state index contributed by atoms with van der Waals surface area (Å²) in [5, 5.41) is 10.5. The fourth-order valence-electron chi connectivity index (χ4n) is 5.24. The van der Waals surface area contributed by atoms with Crippen molar-refractivity contribution in [1.29, 1.82) is 0 Å². The van der Waals surface area contributed by atoms with Crippen molar-refractivity contribution in [1.82, 2.24) is 4.57 Å². The molecule has 0 unspecified atom stereocenters. The zero-order valence-corrected chi connectivity index (χ0v) is 21.5. The van der Waals surface area contributed by atoms with Gasteiger partial charge >= 0.3 is 5.97 Å². The lowest BCUT2D eigenvalue weighted by atomic mass is 9.97. The van der Waals surface area contributed by atoms with E-state index < -0.39 is 5.97 Å². The van der Waals surface area contributed by atoms with Crippen LogP contribution in [0, 0.1) is 0 Å². The standard InChI is InChI=1S/C33H26N2O3/c1-4-35-31-13-11-22(20(2)34-38-21(3)36)18-29(31)30-19-27(12-14-32(30)35)33(37)26-10-9-25-15-23-7-5-6-8-24(23)16-28(25)17-26/h5-19H,4H2,1-3H3/b34-20+. The molecule has 0 bridgehead atoms. The monoisotopic (exact) mass is 498 g/mol. The molecule has 0 spiro atoms. The van der Waals surface area contributed by atoms with E-state index in [0.29, 0.717) is 16.8 Å². The van der Waals surface area contributed by atoms with Crippen molar-refractivity contribution >= 4 is 60.8 Å². The highest BCUT2D eigenvalue weighted by atomic mass is 16.7. The van der Waals surface area contributed by atoms with Gasteiger partial charge in [-0.2, -0.15) is 0 Å².